The molecule has 246 valence electrons. The van der Waals surface area contributed by atoms with Crippen LogP contribution in [0.5, 0.6) is 0 Å². The molecular weight excluding hydrogens is 627 g/mol. The molecule has 52 heavy (non-hydrogen) atoms. The van der Waals surface area contributed by atoms with E-state index < -0.39 is 0 Å². The van der Waals surface area contributed by atoms with Gasteiger partial charge in [-0.1, -0.05) is 172 Å². The zero-order chi connectivity index (χ0) is 34.8. The summed E-state index contributed by atoms with van der Waals surface area (Å²) in [5.74, 6) is 0. The highest BCUT2D eigenvalue weighted by molar-refractivity contribution is 6.04. The van der Waals surface area contributed by atoms with Crippen molar-refractivity contribution in [2.45, 2.75) is 19.3 Å². The molecule has 0 amide bonds. The minimum Gasteiger partial charge on any atom is -0.310 e. The lowest BCUT2D eigenvalue weighted by Crippen LogP contribution is -2.16. The van der Waals surface area contributed by atoms with Gasteiger partial charge in [-0.25, -0.2) is 0 Å². The van der Waals surface area contributed by atoms with Gasteiger partial charge < -0.3 is 4.90 Å². The van der Waals surface area contributed by atoms with Crippen LogP contribution in [-0.2, 0) is 5.41 Å². The van der Waals surface area contributed by atoms with Crippen molar-refractivity contribution in [2.24, 2.45) is 0 Å². The van der Waals surface area contributed by atoms with Crippen molar-refractivity contribution in [3.05, 3.63) is 199 Å². The Balaban J connectivity index is 1.24. The zero-order valence-electron chi connectivity index (χ0n) is 29.3. The van der Waals surface area contributed by atoms with Crippen LogP contribution in [-0.4, -0.2) is 0 Å². The van der Waals surface area contributed by atoms with Crippen molar-refractivity contribution < 1.29 is 0 Å². The molecule has 0 radical (unpaired) electrons. The number of hydrogen-bond donors (Lipinski definition) is 0. The molecule has 0 fully saturated rings. The normalized spacial score (nSPS) is 13.0. The predicted molar refractivity (Wildman–Crippen MR) is 219 cm³/mol. The summed E-state index contributed by atoms with van der Waals surface area (Å²) >= 11 is 0. The van der Waals surface area contributed by atoms with E-state index in [2.05, 4.69) is 207 Å². The maximum atomic E-state index is 2.48. The molecule has 1 nitrogen and oxygen atoms in total. The molecule has 0 saturated heterocycles. The molecule has 0 N–H and O–H groups in total. The number of anilines is 3. The Morgan fingerprint density at radius 1 is 0.327 bits per heavy atom. The minimum absolute atomic E-state index is 0.104. The van der Waals surface area contributed by atoms with Crippen LogP contribution >= 0.6 is 0 Å². The van der Waals surface area contributed by atoms with Crippen molar-refractivity contribution in [3.63, 3.8) is 0 Å². The molecule has 2 aliphatic rings. The zero-order valence-corrected chi connectivity index (χ0v) is 29.3. The lowest BCUT2D eigenvalue weighted by molar-refractivity contribution is 0.660. The van der Waals surface area contributed by atoms with E-state index in [0.29, 0.717) is 0 Å². The summed E-state index contributed by atoms with van der Waals surface area (Å²) in [5.41, 5.74) is 21.1. The van der Waals surface area contributed by atoms with E-state index in [1.807, 2.05) is 0 Å². The van der Waals surface area contributed by atoms with E-state index in [-0.39, 0.29) is 5.41 Å². The lowest BCUT2D eigenvalue weighted by atomic mass is 9.80. The summed E-state index contributed by atoms with van der Waals surface area (Å²) in [6.45, 7) is 4.72. The van der Waals surface area contributed by atoms with Gasteiger partial charge >= 0.3 is 0 Å². The van der Waals surface area contributed by atoms with E-state index in [0.717, 1.165) is 11.4 Å². The topological polar surface area (TPSA) is 3.24 Å². The van der Waals surface area contributed by atoms with Crippen LogP contribution in [0, 0.1) is 0 Å². The maximum Gasteiger partial charge on any atom is 0.0543 e. The minimum atomic E-state index is -0.104. The first-order valence-electron chi connectivity index (χ1n) is 18.2. The number of hydrogen-bond acceptors (Lipinski definition) is 1. The van der Waals surface area contributed by atoms with Crippen LogP contribution in [0.25, 0.3) is 66.8 Å². The fourth-order valence-electron chi connectivity index (χ4n) is 8.77. The van der Waals surface area contributed by atoms with Gasteiger partial charge in [0.1, 0.15) is 0 Å². The Hall–Kier alpha value is -6.44. The monoisotopic (exact) mass is 663 g/mol. The average Bonchev–Trinajstić information content (AvgIpc) is 3.44. The quantitative estimate of drug-likeness (QED) is 0.181. The van der Waals surface area contributed by atoms with Gasteiger partial charge in [-0.05, 0) is 103 Å². The Morgan fingerprint density at radius 3 is 1.37 bits per heavy atom. The predicted octanol–water partition coefficient (Wildman–Crippen LogP) is 14.1. The molecule has 0 heterocycles. The Bertz CT molecular complexity index is 2640. The molecule has 0 atom stereocenters. The van der Waals surface area contributed by atoms with Crippen molar-refractivity contribution in [1.82, 2.24) is 0 Å². The summed E-state index contributed by atoms with van der Waals surface area (Å²) < 4.78 is 0. The van der Waals surface area contributed by atoms with Crippen molar-refractivity contribution in [2.75, 3.05) is 4.90 Å². The van der Waals surface area contributed by atoms with E-state index in [1.165, 1.54) is 83.6 Å². The van der Waals surface area contributed by atoms with Crippen LogP contribution < -0.4 is 4.90 Å². The molecule has 10 rings (SSSR count). The van der Waals surface area contributed by atoms with Crippen LogP contribution in [0.3, 0.4) is 0 Å². The van der Waals surface area contributed by atoms with E-state index in [9.17, 15) is 0 Å². The van der Waals surface area contributed by atoms with E-state index in [1.54, 1.807) is 0 Å². The molecular formula is C51H37N. The Labute approximate surface area is 306 Å². The summed E-state index contributed by atoms with van der Waals surface area (Å²) in [7, 11) is 0. The van der Waals surface area contributed by atoms with Gasteiger partial charge in [-0.3, -0.25) is 0 Å². The summed E-state index contributed by atoms with van der Waals surface area (Å²) in [4.78, 5) is 2.48. The Morgan fingerprint density at radius 2 is 0.769 bits per heavy atom. The standard InChI is InChI=1S/C51H37N/c1-51(2)47-24-13-12-23-45(47)50-48(51)25-14-26-49(50)52(36-29-27-35(28-30-36)34-15-4-3-5-16-34)37-31-32-44-42-21-9-8-19-40(42)38-17-6-7-18-39(38)41-20-10-11-22-43(41)46(44)33-37/h3-33H,1-2H3. The first-order valence-corrected chi connectivity index (χ1v) is 18.2. The molecule has 0 saturated carbocycles. The fraction of sp³-hybridized carbons (Fsp3) is 0.0588. The third-order valence-electron chi connectivity index (χ3n) is 11.3. The second-order valence-electron chi connectivity index (χ2n) is 14.5. The van der Waals surface area contributed by atoms with Gasteiger partial charge in [0.2, 0.25) is 0 Å². The summed E-state index contributed by atoms with van der Waals surface area (Å²) in [6.07, 6.45) is 0. The SMILES string of the molecule is CC1(C)c2ccccc2-c2c(N(c3ccc(-c4ccccc4)cc3)c3ccc4c(c3)-c3ccccc3-c3ccccc3-c3ccccc3-4)cccc21. The van der Waals surface area contributed by atoms with Gasteiger partial charge in [-0.2, -0.15) is 0 Å². The van der Waals surface area contributed by atoms with Crippen molar-refractivity contribution in [1.29, 1.82) is 0 Å². The third-order valence-corrected chi connectivity index (χ3v) is 11.3. The highest BCUT2D eigenvalue weighted by Crippen LogP contribution is 2.55. The van der Waals surface area contributed by atoms with Crippen molar-refractivity contribution in [3.8, 4) is 66.8 Å². The molecule has 1 heteroatoms. The third kappa shape index (κ3) is 4.63. The molecule has 8 aromatic carbocycles. The van der Waals surface area contributed by atoms with E-state index in [4.69, 9.17) is 0 Å². The van der Waals surface area contributed by atoms with Gasteiger partial charge in [0.15, 0.2) is 0 Å². The van der Waals surface area contributed by atoms with Gasteiger partial charge in [-0.15, -0.1) is 0 Å². The number of rotatable bonds is 4. The molecule has 0 spiro atoms. The van der Waals surface area contributed by atoms with Crippen LogP contribution in [0.4, 0.5) is 17.1 Å². The first-order chi connectivity index (χ1) is 25.6. The largest absolute Gasteiger partial charge is 0.310 e. The molecule has 0 aliphatic heterocycles. The van der Waals surface area contributed by atoms with Gasteiger partial charge in [0.05, 0.1) is 5.69 Å². The lowest BCUT2D eigenvalue weighted by Gasteiger charge is -2.30. The fourth-order valence-corrected chi connectivity index (χ4v) is 8.77. The summed E-state index contributed by atoms with van der Waals surface area (Å²) in [6, 6.07) is 69.3. The number of fused-ring (bicyclic) bond motifs is 11. The van der Waals surface area contributed by atoms with Crippen molar-refractivity contribution >= 4 is 17.1 Å². The molecule has 0 unspecified atom stereocenters. The van der Waals surface area contributed by atoms with Crippen LogP contribution in [0.1, 0.15) is 25.0 Å². The Kier molecular flexibility index (Phi) is 6.91. The first kappa shape index (κ1) is 30.4. The highest BCUT2D eigenvalue weighted by Gasteiger charge is 2.37. The summed E-state index contributed by atoms with van der Waals surface area (Å²) in [5, 5.41) is 0. The average molecular weight is 664 g/mol. The van der Waals surface area contributed by atoms with Gasteiger partial charge in [0.25, 0.3) is 0 Å². The molecule has 0 bridgehead atoms. The van der Waals surface area contributed by atoms with Crippen LogP contribution in [0.15, 0.2) is 188 Å². The number of nitrogens with zero attached hydrogens (tertiary/aromatic N) is 1. The van der Waals surface area contributed by atoms with Gasteiger partial charge in [0, 0.05) is 22.4 Å². The maximum absolute atomic E-state index is 2.48. The van der Waals surface area contributed by atoms with E-state index >= 15 is 0 Å². The number of benzene rings is 8. The molecule has 0 aromatic heterocycles. The van der Waals surface area contributed by atoms with Crippen LogP contribution in [0.2, 0.25) is 0 Å². The second-order valence-corrected chi connectivity index (χ2v) is 14.5. The second kappa shape index (κ2) is 11.8. The smallest absolute Gasteiger partial charge is 0.0543 e. The highest BCUT2D eigenvalue weighted by atomic mass is 15.1. The molecule has 8 aromatic rings. The molecule has 2 aliphatic carbocycles.